The number of thiocarbonyl (C=S) groups is 1. The lowest BCUT2D eigenvalue weighted by Gasteiger charge is -2.29. The highest BCUT2D eigenvalue weighted by Gasteiger charge is 2.15. The first-order chi connectivity index (χ1) is 7.57. The van der Waals surface area contributed by atoms with Gasteiger partial charge < -0.3 is 15.7 Å². The second kappa shape index (κ2) is 5.77. The zero-order valence-corrected chi connectivity index (χ0v) is 10.4. The minimum atomic E-state index is 0.0872. The van der Waals surface area contributed by atoms with Gasteiger partial charge in [-0.2, -0.15) is 0 Å². The minimum absolute atomic E-state index is 0.0872. The molecule has 0 unspecified atom stereocenters. The number of aliphatic hydroxyl groups is 1. The van der Waals surface area contributed by atoms with Crippen LogP contribution in [0, 0.1) is 0 Å². The van der Waals surface area contributed by atoms with E-state index in [-0.39, 0.29) is 17.6 Å². The quantitative estimate of drug-likeness (QED) is 0.748. The molecule has 0 atom stereocenters. The molecule has 0 spiro atoms. The third-order valence-corrected chi connectivity index (χ3v) is 2.49. The molecule has 1 heterocycles. The van der Waals surface area contributed by atoms with Crippen molar-refractivity contribution in [1.82, 2.24) is 4.98 Å². The molecule has 4 nitrogen and oxygen atoms in total. The first-order valence-corrected chi connectivity index (χ1v) is 5.61. The Hall–Kier alpha value is -1.20. The standard InChI is InChI=1S/C11H17N3OS/c1-8(2)14(6-7-15)9-4-3-5-13-10(9)11(12)16/h3-5,8,15H,6-7H2,1-2H3,(H2,12,16). The maximum Gasteiger partial charge on any atom is 0.124 e. The molecular weight excluding hydrogens is 222 g/mol. The Bertz CT molecular complexity index is 368. The molecule has 0 aromatic carbocycles. The molecule has 0 saturated carbocycles. The summed E-state index contributed by atoms with van der Waals surface area (Å²) in [7, 11) is 0. The summed E-state index contributed by atoms with van der Waals surface area (Å²) in [5.74, 6) is 0. The van der Waals surface area contributed by atoms with Crippen LogP contribution in [0.1, 0.15) is 19.5 Å². The first-order valence-electron chi connectivity index (χ1n) is 5.20. The Balaban J connectivity index is 3.12. The highest BCUT2D eigenvalue weighted by Crippen LogP contribution is 2.20. The molecule has 3 N–H and O–H groups in total. The lowest BCUT2D eigenvalue weighted by molar-refractivity contribution is 0.299. The van der Waals surface area contributed by atoms with Crippen LogP contribution >= 0.6 is 12.2 Å². The van der Waals surface area contributed by atoms with E-state index in [4.69, 9.17) is 23.1 Å². The van der Waals surface area contributed by atoms with E-state index in [0.717, 1.165) is 5.69 Å². The maximum absolute atomic E-state index is 9.05. The van der Waals surface area contributed by atoms with Crippen LogP contribution in [0.15, 0.2) is 18.3 Å². The highest BCUT2D eigenvalue weighted by molar-refractivity contribution is 7.80. The van der Waals surface area contributed by atoms with E-state index in [1.54, 1.807) is 6.20 Å². The molecular formula is C11H17N3OS. The SMILES string of the molecule is CC(C)N(CCO)c1cccnc1C(N)=S. The number of nitrogens with zero attached hydrogens (tertiary/aromatic N) is 2. The smallest absolute Gasteiger partial charge is 0.124 e. The van der Waals surface area contributed by atoms with E-state index >= 15 is 0 Å². The Morgan fingerprint density at radius 3 is 2.81 bits per heavy atom. The molecule has 1 aromatic rings. The van der Waals surface area contributed by atoms with Crippen molar-refractivity contribution in [2.45, 2.75) is 19.9 Å². The van der Waals surface area contributed by atoms with Gasteiger partial charge in [0.05, 0.1) is 12.3 Å². The van der Waals surface area contributed by atoms with E-state index in [2.05, 4.69) is 4.98 Å². The van der Waals surface area contributed by atoms with Gasteiger partial charge in [-0.3, -0.25) is 4.98 Å². The van der Waals surface area contributed by atoms with Crippen molar-refractivity contribution in [2.24, 2.45) is 5.73 Å². The average Bonchev–Trinajstić information content (AvgIpc) is 2.25. The lowest BCUT2D eigenvalue weighted by atomic mass is 10.2. The summed E-state index contributed by atoms with van der Waals surface area (Å²) in [5.41, 5.74) is 7.11. The van der Waals surface area contributed by atoms with Crippen molar-refractivity contribution in [1.29, 1.82) is 0 Å². The van der Waals surface area contributed by atoms with Crippen molar-refractivity contribution in [2.75, 3.05) is 18.1 Å². The van der Waals surface area contributed by atoms with Crippen LogP contribution in [-0.4, -0.2) is 34.3 Å². The fraction of sp³-hybridized carbons (Fsp3) is 0.455. The molecule has 0 saturated heterocycles. The molecule has 1 aromatic heterocycles. The summed E-state index contributed by atoms with van der Waals surface area (Å²) < 4.78 is 0. The fourth-order valence-electron chi connectivity index (χ4n) is 1.58. The van der Waals surface area contributed by atoms with Crippen LogP contribution in [0.25, 0.3) is 0 Å². The van der Waals surface area contributed by atoms with Crippen LogP contribution in [0.2, 0.25) is 0 Å². The van der Waals surface area contributed by atoms with E-state index in [1.807, 2.05) is 30.9 Å². The van der Waals surface area contributed by atoms with Gasteiger partial charge in [-0.15, -0.1) is 0 Å². The monoisotopic (exact) mass is 239 g/mol. The van der Waals surface area contributed by atoms with Gasteiger partial charge in [0, 0.05) is 18.8 Å². The molecule has 0 aliphatic heterocycles. The molecule has 5 heteroatoms. The van der Waals surface area contributed by atoms with Crippen molar-refractivity contribution < 1.29 is 5.11 Å². The van der Waals surface area contributed by atoms with Gasteiger partial charge in [0.25, 0.3) is 0 Å². The predicted molar refractivity (Wildman–Crippen MR) is 69.7 cm³/mol. The molecule has 0 aliphatic rings. The average molecular weight is 239 g/mol. The number of aromatic nitrogens is 1. The van der Waals surface area contributed by atoms with E-state index in [9.17, 15) is 0 Å². The van der Waals surface area contributed by atoms with Gasteiger partial charge >= 0.3 is 0 Å². The minimum Gasteiger partial charge on any atom is -0.395 e. The number of anilines is 1. The molecule has 0 bridgehead atoms. The maximum atomic E-state index is 9.05. The lowest BCUT2D eigenvalue weighted by Crippen LogP contribution is -2.35. The zero-order valence-electron chi connectivity index (χ0n) is 9.55. The van der Waals surface area contributed by atoms with Gasteiger partial charge in [-0.1, -0.05) is 12.2 Å². The Labute approximate surface area is 101 Å². The molecule has 1 rings (SSSR count). The normalized spacial score (nSPS) is 10.5. The largest absolute Gasteiger partial charge is 0.395 e. The summed E-state index contributed by atoms with van der Waals surface area (Å²) in [5, 5.41) is 9.05. The van der Waals surface area contributed by atoms with E-state index < -0.39 is 0 Å². The number of nitrogens with two attached hydrogens (primary N) is 1. The van der Waals surface area contributed by atoms with Gasteiger partial charge in [-0.05, 0) is 26.0 Å². The summed E-state index contributed by atoms with van der Waals surface area (Å²) in [4.78, 5) is 6.48. The summed E-state index contributed by atoms with van der Waals surface area (Å²) >= 11 is 4.97. The molecule has 88 valence electrons. The van der Waals surface area contributed by atoms with Gasteiger partial charge in [-0.25, -0.2) is 0 Å². The number of pyridine rings is 1. The number of rotatable bonds is 5. The third-order valence-electron chi connectivity index (χ3n) is 2.29. The van der Waals surface area contributed by atoms with Crippen LogP contribution in [0.3, 0.4) is 0 Å². The van der Waals surface area contributed by atoms with Crippen molar-refractivity contribution in [3.05, 3.63) is 24.0 Å². The fourth-order valence-corrected chi connectivity index (χ4v) is 1.74. The summed E-state index contributed by atoms with van der Waals surface area (Å²) in [6.07, 6.45) is 1.66. The van der Waals surface area contributed by atoms with Crippen molar-refractivity contribution in [3.8, 4) is 0 Å². The Morgan fingerprint density at radius 2 is 2.31 bits per heavy atom. The Morgan fingerprint density at radius 1 is 1.62 bits per heavy atom. The van der Waals surface area contributed by atoms with Crippen molar-refractivity contribution in [3.63, 3.8) is 0 Å². The van der Waals surface area contributed by atoms with E-state index in [0.29, 0.717) is 12.2 Å². The number of aliphatic hydroxyl groups excluding tert-OH is 1. The van der Waals surface area contributed by atoms with Gasteiger partial charge in [0.2, 0.25) is 0 Å². The Kier molecular flexibility index (Phi) is 4.64. The number of hydrogen-bond donors (Lipinski definition) is 2. The molecule has 16 heavy (non-hydrogen) atoms. The topological polar surface area (TPSA) is 62.4 Å². The highest BCUT2D eigenvalue weighted by atomic mass is 32.1. The molecule has 0 fully saturated rings. The zero-order chi connectivity index (χ0) is 12.1. The van der Waals surface area contributed by atoms with Gasteiger partial charge in [0.1, 0.15) is 10.7 Å². The summed E-state index contributed by atoms with van der Waals surface area (Å²) in [6.45, 7) is 4.72. The predicted octanol–water partition coefficient (Wildman–Crippen LogP) is 0.923. The van der Waals surface area contributed by atoms with Crippen LogP contribution in [-0.2, 0) is 0 Å². The molecule has 0 amide bonds. The van der Waals surface area contributed by atoms with Crippen LogP contribution in [0.4, 0.5) is 5.69 Å². The third kappa shape index (κ3) is 2.90. The van der Waals surface area contributed by atoms with Crippen molar-refractivity contribution >= 4 is 22.9 Å². The summed E-state index contributed by atoms with van der Waals surface area (Å²) in [6, 6.07) is 4.01. The number of hydrogen-bond acceptors (Lipinski definition) is 4. The van der Waals surface area contributed by atoms with E-state index in [1.165, 1.54) is 0 Å². The van der Waals surface area contributed by atoms with Crippen LogP contribution in [0.5, 0.6) is 0 Å². The van der Waals surface area contributed by atoms with Gasteiger partial charge in [0.15, 0.2) is 0 Å². The second-order valence-electron chi connectivity index (χ2n) is 3.75. The first kappa shape index (κ1) is 12.9. The molecule has 0 aliphatic carbocycles. The second-order valence-corrected chi connectivity index (χ2v) is 4.19. The molecule has 0 radical (unpaired) electrons. The van der Waals surface area contributed by atoms with Crippen LogP contribution < -0.4 is 10.6 Å².